The topological polar surface area (TPSA) is 47.6 Å². The van der Waals surface area contributed by atoms with Crippen molar-refractivity contribution in [2.24, 2.45) is 0 Å². The zero-order chi connectivity index (χ0) is 15.4. The second-order valence-corrected chi connectivity index (χ2v) is 5.00. The molecule has 0 heterocycles. The van der Waals surface area contributed by atoms with Crippen molar-refractivity contribution in [3.63, 3.8) is 0 Å². The summed E-state index contributed by atoms with van der Waals surface area (Å²) in [5, 5.41) is 3.60. The predicted octanol–water partition coefficient (Wildman–Crippen LogP) is 4.26. The van der Waals surface area contributed by atoms with Gasteiger partial charge >= 0.3 is 0 Å². The summed E-state index contributed by atoms with van der Waals surface area (Å²) in [4.78, 5) is 12.2. The van der Waals surface area contributed by atoms with E-state index in [0.717, 1.165) is 0 Å². The quantitative estimate of drug-likeness (QED) is 0.913. The molecule has 0 saturated carbocycles. The first-order valence-corrected chi connectivity index (χ1v) is 6.79. The zero-order valence-corrected chi connectivity index (χ0v) is 13.0. The van der Waals surface area contributed by atoms with Crippen LogP contribution in [0.5, 0.6) is 11.5 Å². The molecule has 0 fully saturated rings. The van der Waals surface area contributed by atoms with Crippen molar-refractivity contribution in [3.05, 3.63) is 52.0 Å². The summed E-state index contributed by atoms with van der Waals surface area (Å²) in [5.74, 6) is 0.609. The molecule has 0 aliphatic carbocycles. The number of methoxy groups -OCH3 is 2. The molecule has 0 saturated heterocycles. The van der Waals surface area contributed by atoms with Crippen LogP contribution in [0, 0.1) is 0 Å². The Morgan fingerprint density at radius 2 is 1.76 bits per heavy atom. The molecular formula is C15H13Cl2NO3. The van der Waals surface area contributed by atoms with Gasteiger partial charge in [-0.25, -0.2) is 0 Å². The first-order valence-electron chi connectivity index (χ1n) is 6.03. The molecule has 2 rings (SSSR count). The van der Waals surface area contributed by atoms with Crippen LogP contribution in [0.2, 0.25) is 10.0 Å². The Kier molecular flexibility index (Phi) is 4.94. The lowest BCUT2D eigenvalue weighted by atomic mass is 10.2. The fourth-order valence-corrected chi connectivity index (χ4v) is 2.21. The van der Waals surface area contributed by atoms with Gasteiger partial charge in [0.2, 0.25) is 0 Å². The van der Waals surface area contributed by atoms with Crippen LogP contribution >= 0.6 is 23.2 Å². The first-order chi connectivity index (χ1) is 10.0. The minimum Gasteiger partial charge on any atom is -0.495 e. The molecule has 21 heavy (non-hydrogen) atoms. The van der Waals surface area contributed by atoms with Crippen LogP contribution in [-0.2, 0) is 0 Å². The van der Waals surface area contributed by atoms with Crippen LogP contribution in [0.25, 0.3) is 0 Å². The largest absolute Gasteiger partial charge is 0.495 e. The molecule has 0 aromatic heterocycles. The summed E-state index contributed by atoms with van der Waals surface area (Å²) in [6.45, 7) is 0. The number of carbonyl (C=O) groups excluding carboxylic acids is 1. The van der Waals surface area contributed by atoms with Gasteiger partial charge in [-0.15, -0.1) is 0 Å². The van der Waals surface area contributed by atoms with E-state index in [1.807, 2.05) is 0 Å². The highest BCUT2D eigenvalue weighted by molar-refractivity contribution is 6.32. The summed E-state index contributed by atoms with van der Waals surface area (Å²) < 4.78 is 10.3. The summed E-state index contributed by atoms with van der Waals surface area (Å²) >= 11 is 11.9. The fraction of sp³-hybridized carbons (Fsp3) is 0.133. The number of ether oxygens (including phenoxy) is 2. The number of carbonyl (C=O) groups is 1. The molecule has 0 aliphatic rings. The third kappa shape index (κ3) is 3.60. The van der Waals surface area contributed by atoms with Crippen LogP contribution in [0.1, 0.15) is 10.4 Å². The van der Waals surface area contributed by atoms with Crippen LogP contribution < -0.4 is 14.8 Å². The Morgan fingerprint density at radius 1 is 1.05 bits per heavy atom. The summed E-state index contributed by atoms with van der Waals surface area (Å²) in [6, 6.07) is 9.82. The highest BCUT2D eigenvalue weighted by Crippen LogP contribution is 2.36. The van der Waals surface area contributed by atoms with Crippen LogP contribution in [0.3, 0.4) is 0 Å². The van der Waals surface area contributed by atoms with Crippen molar-refractivity contribution in [2.45, 2.75) is 0 Å². The zero-order valence-electron chi connectivity index (χ0n) is 11.4. The van der Waals surface area contributed by atoms with Crippen molar-refractivity contribution in [3.8, 4) is 11.5 Å². The van der Waals surface area contributed by atoms with Crippen molar-refractivity contribution in [1.82, 2.24) is 0 Å². The van der Waals surface area contributed by atoms with E-state index >= 15 is 0 Å². The third-order valence-electron chi connectivity index (χ3n) is 2.81. The Labute approximate surface area is 132 Å². The van der Waals surface area contributed by atoms with Crippen molar-refractivity contribution in [1.29, 1.82) is 0 Å². The maximum absolute atomic E-state index is 12.2. The highest BCUT2D eigenvalue weighted by Gasteiger charge is 2.13. The molecule has 0 spiro atoms. The van der Waals surface area contributed by atoms with Crippen molar-refractivity contribution < 1.29 is 14.3 Å². The van der Waals surface area contributed by atoms with E-state index in [9.17, 15) is 4.79 Å². The van der Waals surface area contributed by atoms with Crippen LogP contribution in [0.15, 0.2) is 36.4 Å². The average Bonchev–Trinajstić information content (AvgIpc) is 2.47. The number of amides is 1. The molecule has 2 aromatic carbocycles. The maximum atomic E-state index is 12.2. The number of halogens is 2. The van der Waals surface area contributed by atoms with Crippen molar-refractivity contribution >= 4 is 34.8 Å². The average molecular weight is 326 g/mol. The lowest BCUT2D eigenvalue weighted by Crippen LogP contribution is -2.12. The number of nitrogens with one attached hydrogen (secondary N) is 1. The molecular weight excluding hydrogens is 313 g/mol. The van der Waals surface area contributed by atoms with E-state index in [-0.39, 0.29) is 5.91 Å². The molecule has 110 valence electrons. The molecule has 2 aromatic rings. The van der Waals surface area contributed by atoms with E-state index in [1.54, 1.807) is 36.4 Å². The molecule has 0 bridgehead atoms. The number of hydrogen-bond donors (Lipinski definition) is 1. The molecule has 1 amide bonds. The fourth-order valence-electron chi connectivity index (χ4n) is 1.78. The van der Waals surface area contributed by atoms with Gasteiger partial charge in [0.15, 0.2) is 0 Å². The van der Waals surface area contributed by atoms with Gasteiger partial charge in [0.05, 0.1) is 24.9 Å². The van der Waals surface area contributed by atoms with Gasteiger partial charge in [-0.2, -0.15) is 0 Å². The van der Waals surface area contributed by atoms with Gasteiger partial charge in [0, 0.05) is 16.7 Å². The van der Waals surface area contributed by atoms with E-state index in [1.165, 1.54) is 14.2 Å². The van der Waals surface area contributed by atoms with Gasteiger partial charge in [-0.1, -0.05) is 29.3 Å². The SMILES string of the molecule is COc1cc(OC)c(NC(=O)c2cccc(Cl)c2)cc1Cl. The minimum atomic E-state index is -0.308. The second-order valence-electron chi connectivity index (χ2n) is 4.15. The van der Waals surface area contributed by atoms with Gasteiger partial charge in [-0.05, 0) is 24.3 Å². The molecule has 6 heteroatoms. The monoisotopic (exact) mass is 325 g/mol. The lowest BCUT2D eigenvalue weighted by Gasteiger charge is -2.13. The van der Waals surface area contributed by atoms with E-state index < -0.39 is 0 Å². The van der Waals surface area contributed by atoms with Gasteiger partial charge in [0.1, 0.15) is 11.5 Å². The molecule has 4 nitrogen and oxygen atoms in total. The van der Waals surface area contributed by atoms with Crippen LogP contribution in [0.4, 0.5) is 5.69 Å². The van der Waals surface area contributed by atoms with Crippen LogP contribution in [-0.4, -0.2) is 20.1 Å². The van der Waals surface area contributed by atoms with E-state index in [4.69, 9.17) is 32.7 Å². The standard InChI is InChI=1S/C15H13Cl2NO3/c1-20-13-8-14(21-2)12(7-11(13)17)18-15(19)9-4-3-5-10(16)6-9/h3-8H,1-2H3,(H,18,19). The molecule has 1 N–H and O–H groups in total. The Hall–Kier alpha value is -1.91. The lowest BCUT2D eigenvalue weighted by molar-refractivity contribution is 0.102. The smallest absolute Gasteiger partial charge is 0.255 e. The Bertz CT molecular complexity index is 674. The number of hydrogen-bond acceptors (Lipinski definition) is 3. The normalized spacial score (nSPS) is 10.1. The molecule has 0 radical (unpaired) electrons. The van der Waals surface area contributed by atoms with Gasteiger partial charge in [-0.3, -0.25) is 4.79 Å². The van der Waals surface area contributed by atoms with E-state index in [0.29, 0.717) is 32.8 Å². The van der Waals surface area contributed by atoms with E-state index in [2.05, 4.69) is 5.32 Å². The summed E-state index contributed by atoms with van der Waals surface area (Å²) in [6.07, 6.45) is 0. The maximum Gasteiger partial charge on any atom is 0.255 e. The molecule has 0 aliphatic heterocycles. The molecule has 0 atom stereocenters. The number of anilines is 1. The predicted molar refractivity (Wildman–Crippen MR) is 84.0 cm³/mol. The Balaban J connectivity index is 2.30. The number of rotatable bonds is 4. The minimum absolute atomic E-state index is 0.308. The van der Waals surface area contributed by atoms with Gasteiger partial charge < -0.3 is 14.8 Å². The molecule has 0 unspecified atom stereocenters. The second kappa shape index (κ2) is 6.70. The summed E-state index contributed by atoms with van der Waals surface area (Å²) in [5.41, 5.74) is 0.893. The first kappa shape index (κ1) is 15.5. The highest BCUT2D eigenvalue weighted by atomic mass is 35.5. The van der Waals surface area contributed by atoms with Gasteiger partial charge in [0.25, 0.3) is 5.91 Å². The number of benzene rings is 2. The third-order valence-corrected chi connectivity index (χ3v) is 3.34. The van der Waals surface area contributed by atoms with Crippen molar-refractivity contribution in [2.75, 3.05) is 19.5 Å². The summed E-state index contributed by atoms with van der Waals surface area (Å²) in [7, 11) is 3.00. The Morgan fingerprint density at radius 3 is 2.38 bits per heavy atom.